The van der Waals surface area contributed by atoms with Gasteiger partial charge < -0.3 is 25.2 Å². The highest BCUT2D eigenvalue weighted by molar-refractivity contribution is 6.02. The molecule has 4 aliphatic heterocycles. The number of anilines is 1. The molecule has 4 fully saturated rings. The van der Waals surface area contributed by atoms with E-state index in [4.69, 9.17) is 4.74 Å². The van der Waals surface area contributed by atoms with Gasteiger partial charge >= 0.3 is 0 Å². The number of nitrogens with one attached hydrogen (secondary N) is 2. The molecule has 6 rings (SSSR count). The van der Waals surface area contributed by atoms with Crippen LogP contribution in [-0.2, 0) is 19.1 Å². The molecule has 2 bridgehead atoms. The summed E-state index contributed by atoms with van der Waals surface area (Å²) in [5.74, 6) is -0.984. The zero-order valence-electron chi connectivity index (χ0n) is 24.8. The molecule has 8 nitrogen and oxygen atoms in total. The molecule has 1 aromatic rings. The number of aryl methyl sites for hydroxylation is 1. The smallest absolute Gasteiger partial charge is 0.246 e. The zero-order valence-corrected chi connectivity index (χ0v) is 24.8. The first-order valence-corrected chi connectivity index (χ1v) is 15.9. The highest BCUT2D eigenvalue weighted by atomic mass is 16.5. The Bertz CT molecular complexity index is 1200. The van der Waals surface area contributed by atoms with E-state index in [1.54, 1.807) is 4.90 Å². The summed E-state index contributed by atoms with van der Waals surface area (Å²) in [7, 11) is 0. The minimum absolute atomic E-state index is 0.0787. The average Bonchev–Trinajstić information content (AvgIpc) is 3.59. The second-order valence-electron chi connectivity index (χ2n) is 13.2. The molecule has 1 aromatic carbocycles. The number of ether oxygens (including phenoxy) is 1. The molecule has 0 radical (unpaired) electrons. The summed E-state index contributed by atoms with van der Waals surface area (Å²) < 4.78 is 6.54. The first kappa shape index (κ1) is 28.4. The quantitative estimate of drug-likeness (QED) is 0.469. The van der Waals surface area contributed by atoms with Crippen molar-refractivity contribution in [3.63, 3.8) is 0 Å². The van der Waals surface area contributed by atoms with Crippen LogP contribution < -0.4 is 10.6 Å². The Morgan fingerprint density at radius 3 is 2.63 bits per heavy atom. The van der Waals surface area contributed by atoms with Crippen molar-refractivity contribution in [2.24, 2.45) is 23.7 Å². The molecule has 3 amide bonds. The molecule has 1 saturated carbocycles. The van der Waals surface area contributed by atoms with Crippen LogP contribution >= 0.6 is 0 Å². The fraction of sp³-hybridized carbons (Fsp3) is 0.667. The molecule has 8 atom stereocenters. The highest BCUT2D eigenvalue weighted by Crippen LogP contribution is 2.55. The van der Waals surface area contributed by atoms with Gasteiger partial charge in [-0.05, 0) is 81.8 Å². The highest BCUT2D eigenvalue weighted by Gasteiger charge is 2.72. The van der Waals surface area contributed by atoms with Crippen molar-refractivity contribution < 1.29 is 19.1 Å². The van der Waals surface area contributed by atoms with Crippen LogP contribution in [-0.4, -0.2) is 77.5 Å². The Kier molecular flexibility index (Phi) is 7.98. The van der Waals surface area contributed by atoms with Gasteiger partial charge in [0.15, 0.2) is 0 Å². The molecule has 3 saturated heterocycles. The minimum Gasteiger partial charge on any atom is -0.359 e. The van der Waals surface area contributed by atoms with E-state index in [1.807, 2.05) is 43.3 Å². The number of nitrogens with zero attached hydrogens (tertiary/aromatic N) is 2. The second-order valence-corrected chi connectivity index (χ2v) is 13.2. The van der Waals surface area contributed by atoms with E-state index >= 15 is 0 Å². The largest absolute Gasteiger partial charge is 0.359 e. The Morgan fingerprint density at radius 1 is 1.05 bits per heavy atom. The van der Waals surface area contributed by atoms with Crippen molar-refractivity contribution in [1.29, 1.82) is 0 Å². The molecule has 1 spiro atoms. The number of benzene rings is 1. The van der Waals surface area contributed by atoms with E-state index in [1.165, 1.54) is 25.7 Å². The van der Waals surface area contributed by atoms with Gasteiger partial charge in [-0.2, -0.15) is 0 Å². The van der Waals surface area contributed by atoms with Crippen LogP contribution in [0.3, 0.4) is 0 Å². The first-order valence-electron chi connectivity index (χ1n) is 15.9. The van der Waals surface area contributed by atoms with Crippen LogP contribution in [0.2, 0.25) is 0 Å². The monoisotopic (exact) mass is 562 g/mol. The summed E-state index contributed by atoms with van der Waals surface area (Å²) in [6.07, 6.45) is 11.0. The van der Waals surface area contributed by atoms with Gasteiger partial charge in [0.1, 0.15) is 11.6 Å². The van der Waals surface area contributed by atoms with Crippen LogP contribution in [0.25, 0.3) is 0 Å². The van der Waals surface area contributed by atoms with Crippen molar-refractivity contribution in [3.05, 3.63) is 42.0 Å². The second kappa shape index (κ2) is 11.5. The SMILES string of the molecule is Cc1cccc(NC(=O)[C@@H]2[C@@H]3C=C[C@]4(O3)[C@@H]2C(=O)N(CCCN2CCCCC2)[C@H]4C(=O)N[C@@H]2CCC[C@@H](C)[C@H]2C)c1. The summed E-state index contributed by atoms with van der Waals surface area (Å²) in [5.41, 5.74) is 0.632. The molecule has 5 aliphatic rings. The van der Waals surface area contributed by atoms with Gasteiger partial charge in [-0.1, -0.05) is 57.4 Å². The molecule has 0 aromatic heterocycles. The Morgan fingerprint density at radius 2 is 1.85 bits per heavy atom. The Hall–Kier alpha value is -2.71. The van der Waals surface area contributed by atoms with Gasteiger partial charge in [0, 0.05) is 18.3 Å². The maximum absolute atomic E-state index is 14.2. The molecular formula is C33H46N4O4. The molecule has 4 heterocycles. The van der Waals surface area contributed by atoms with E-state index < -0.39 is 29.6 Å². The molecular weight excluding hydrogens is 516 g/mol. The number of hydrogen-bond donors (Lipinski definition) is 2. The molecule has 222 valence electrons. The predicted molar refractivity (Wildman–Crippen MR) is 158 cm³/mol. The number of fused-ring (bicyclic) bond motifs is 1. The average molecular weight is 563 g/mol. The summed E-state index contributed by atoms with van der Waals surface area (Å²) in [4.78, 5) is 46.3. The summed E-state index contributed by atoms with van der Waals surface area (Å²) in [5, 5.41) is 6.38. The number of hydrogen-bond acceptors (Lipinski definition) is 5. The summed E-state index contributed by atoms with van der Waals surface area (Å²) in [6, 6.07) is 6.97. The van der Waals surface area contributed by atoms with E-state index in [-0.39, 0.29) is 23.8 Å². The maximum atomic E-state index is 14.2. The lowest BCUT2D eigenvalue weighted by Gasteiger charge is -2.38. The predicted octanol–water partition coefficient (Wildman–Crippen LogP) is 3.90. The molecule has 2 N–H and O–H groups in total. The van der Waals surface area contributed by atoms with Crippen LogP contribution in [0.5, 0.6) is 0 Å². The molecule has 0 unspecified atom stereocenters. The third-order valence-electron chi connectivity index (χ3n) is 10.6. The fourth-order valence-electron chi connectivity index (χ4n) is 8.15. The van der Waals surface area contributed by atoms with Crippen LogP contribution in [0.15, 0.2) is 36.4 Å². The van der Waals surface area contributed by atoms with E-state index in [0.717, 1.165) is 44.5 Å². The first-order chi connectivity index (χ1) is 19.8. The van der Waals surface area contributed by atoms with Gasteiger partial charge in [-0.3, -0.25) is 14.4 Å². The van der Waals surface area contributed by atoms with Gasteiger partial charge in [-0.25, -0.2) is 0 Å². The third kappa shape index (κ3) is 5.22. The number of amides is 3. The summed E-state index contributed by atoms with van der Waals surface area (Å²) in [6.45, 7) is 10.0. The fourth-order valence-corrected chi connectivity index (χ4v) is 8.15. The molecule has 41 heavy (non-hydrogen) atoms. The van der Waals surface area contributed by atoms with Gasteiger partial charge in [0.2, 0.25) is 17.7 Å². The number of likely N-dealkylation sites (tertiary alicyclic amines) is 2. The van der Waals surface area contributed by atoms with Crippen molar-refractivity contribution in [2.75, 3.05) is 31.5 Å². The summed E-state index contributed by atoms with van der Waals surface area (Å²) >= 11 is 0. The van der Waals surface area contributed by atoms with Crippen LogP contribution in [0, 0.1) is 30.6 Å². The van der Waals surface area contributed by atoms with Crippen molar-refractivity contribution in [2.45, 2.75) is 89.5 Å². The lowest BCUT2D eigenvalue weighted by molar-refractivity contribution is -0.141. The number of carbonyl (C=O) groups is 3. The third-order valence-corrected chi connectivity index (χ3v) is 10.6. The zero-order chi connectivity index (χ0) is 28.7. The van der Waals surface area contributed by atoms with Gasteiger partial charge in [0.05, 0.1) is 17.9 Å². The Labute approximate surface area is 244 Å². The van der Waals surface area contributed by atoms with Gasteiger partial charge in [-0.15, -0.1) is 0 Å². The normalized spacial score (nSPS) is 36.4. The van der Waals surface area contributed by atoms with Gasteiger partial charge in [0.25, 0.3) is 0 Å². The minimum atomic E-state index is -1.12. The number of carbonyl (C=O) groups excluding carboxylic acids is 3. The van der Waals surface area contributed by atoms with Crippen molar-refractivity contribution in [3.8, 4) is 0 Å². The molecule has 1 aliphatic carbocycles. The lowest BCUT2D eigenvalue weighted by atomic mass is 9.73. The van der Waals surface area contributed by atoms with E-state index in [9.17, 15) is 14.4 Å². The van der Waals surface area contributed by atoms with Crippen molar-refractivity contribution in [1.82, 2.24) is 15.1 Å². The van der Waals surface area contributed by atoms with Crippen LogP contribution in [0.4, 0.5) is 5.69 Å². The van der Waals surface area contributed by atoms with Crippen LogP contribution in [0.1, 0.15) is 64.4 Å². The van der Waals surface area contributed by atoms with Crippen molar-refractivity contribution >= 4 is 23.4 Å². The number of piperidine rings is 1. The van der Waals surface area contributed by atoms with E-state index in [0.29, 0.717) is 24.1 Å². The number of rotatable bonds is 8. The topological polar surface area (TPSA) is 91.0 Å². The standard InChI is InChI=1S/C33H46N4O4/c1-21-10-7-12-24(20-21)34-30(38)27-26-14-15-33(41-26)28(27)32(40)37(19-9-18-36-16-5-4-6-17-36)29(33)31(39)35-25-13-8-11-22(2)23(25)3/h7,10,12,14-15,20,22-23,25-29H,4-6,8-9,11,13,16-19H2,1-3H3,(H,34,38)(H,35,39)/t22-,23-,25-,26+,27-,28+,29+,33+/m1/s1. The molecule has 8 heteroatoms. The Balaban J connectivity index is 1.25. The van der Waals surface area contributed by atoms with E-state index in [2.05, 4.69) is 29.4 Å². The lowest BCUT2D eigenvalue weighted by Crippen LogP contribution is -2.58. The maximum Gasteiger partial charge on any atom is 0.246 e.